The van der Waals surface area contributed by atoms with Crippen LogP contribution in [0.2, 0.25) is 0 Å². The van der Waals surface area contributed by atoms with Crippen LogP contribution in [0.4, 0.5) is 23.1 Å². The topological polar surface area (TPSA) is 106 Å². The van der Waals surface area contributed by atoms with Gasteiger partial charge in [-0.2, -0.15) is 4.98 Å². The van der Waals surface area contributed by atoms with E-state index in [1.807, 2.05) is 66.7 Å². The van der Waals surface area contributed by atoms with Gasteiger partial charge >= 0.3 is 0 Å². The molecule has 0 saturated carbocycles. The maximum absolute atomic E-state index is 13.0. The molecule has 208 valence electrons. The molecule has 8 nitrogen and oxygen atoms in total. The highest BCUT2D eigenvalue weighted by molar-refractivity contribution is 7.92. The van der Waals surface area contributed by atoms with Crippen LogP contribution >= 0.6 is 0 Å². The van der Waals surface area contributed by atoms with Gasteiger partial charge in [-0.1, -0.05) is 18.2 Å². The molecule has 3 rings (SSSR count). The van der Waals surface area contributed by atoms with Crippen molar-refractivity contribution >= 4 is 44.4 Å². The maximum atomic E-state index is 13.0. The number of para-hydroxylation sites is 1. The fourth-order valence-corrected chi connectivity index (χ4v) is 5.08. The summed E-state index contributed by atoms with van der Waals surface area (Å²) in [4.78, 5) is 14.1. The number of allylic oxidation sites excluding steroid dienone is 1. The van der Waals surface area contributed by atoms with Gasteiger partial charge in [0.05, 0.1) is 33.3 Å². The van der Waals surface area contributed by atoms with Crippen molar-refractivity contribution in [2.75, 3.05) is 10.6 Å². The smallest absolute Gasteiger partial charge is 0.229 e. The van der Waals surface area contributed by atoms with E-state index in [1.54, 1.807) is 44.3 Å². The molecule has 3 aromatic rings. The van der Waals surface area contributed by atoms with Crippen molar-refractivity contribution < 1.29 is 13.2 Å². The Kier molecular flexibility index (Phi) is 9.50. The third kappa shape index (κ3) is 7.23. The zero-order chi connectivity index (χ0) is 28.9. The summed E-state index contributed by atoms with van der Waals surface area (Å²) in [6.45, 7) is 17.1. The number of nitrogens with zero attached hydrogens (tertiary/aromatic N) is 3. The van der Waals surface area contributed by atoms with Crippen molar-refractivity contribution in [3.05, 3.63) is 65.4 Å². The molecule has 0 aliphatic heterocycles. The highest BCUT2D eigenvalue weighted by Gasteiger charge is 2.23. The van der Waals surface area contributed by atoms with E-state index in [9.17, 15) is 8.42 Å². The van der Waals surface area contributed by atoms with E-state index in [2.05, 4.69) is 15.6 Å². The zero-order valence-corrected chi connectivity index (χ0v) is 25.1. The molecule has 0 atom stereocenters. The molecule has 0 radical (unpaired) electrons. The Morgan fingerprint density at radius 2 is 1.69 bits per heavy atom. The lowest BCUT2D eigenvalue weighted by molar-refractivity contribution is 0.243. The fraction of sp³-hybridized carbons (Fsp3) is 0.367. The molecular weight excluding hydrogens is 510 g/mol. The van der Waals surface area contributed by atoms with Crippen molar-refractivity contribution in [3.8, 4) is 5.75 Å². The van der Waals surface area contributed by atoms with Crippen LogP contribution in [-0.4, -0.2) is 35.5 Å². The number of aromatic nitrogens is 2. The van der Waals surface area contributed by atoms with Crippen LogP contribution in [0.3, 0.4) is 0 Å². The molecule has 1 aromatic heterocycles. The van der Waals surface area contributed by atoms with Gasteiger partial charge < -0.3 is 15.4 Å². The first-order valence-corrected chi connectivity index (χ1v) is 14.6. The van der Waals surface area contributed by atoms with Gasteiger partial charge in [0, 0.05) is 23.0 Å². The van der Waals surface area contributed by atoms with Crippen molar-refractivity contribution in [3.63, 3.8) is 0 Å². The third-order valence-electron chi connectivity index (χ3n) is 5.87. The molecule has 0 fully saturated rings. The molecular formula is C30H39N5O3S. The number of ether oxygens (including phenoxy) is 1. The van der Waals surface area contributed by atoms with E-state index >= 15 is 0 Å². The Morgan fingerprint density at radius 1 is 1.00 bits per heavy atom. The van der Waals surface area contributed by atoms with E-state index in [0.717, 1.165) is 28.1 Å². The molecule has 0 saturated heterocycles. The molecule has 2 N–H and O–H groups in total. The van der Waals surface area contributed by atoms with Crippen molar-refractivity contribution in [2.24, 2.45) is 4.99 Å². The van der Waals surface area contributed by atoms with Crippen LogP contribution in [0, 0.1) is 13.8 Å². The summed E-state index contributed by atoms with van der Waals surface area (Å²) in [5.74, 6) is 1.51. The van der Waals surface area contributed by atoms with Gasteiger partial charge in [0.25, 0.3) is 0 Å². The highest BCUT2D eigenvalue weighted by Crippen LogP contribution is 2.35. The van der Waals surface area contributed by atoms with Gasteiger partial charge in [-0.3, -0.25) is 4.99 Å². The zero-order valence-electron chi connectivity index (χ0n) is 24.2. The van der Waals surface area contributed by atoms with Gasteiger partial charge in [-0.15, -0.1) is 0 Å². The normalized spacial score (nSPS) is 12.0. The van der Waals surface area contributed by atoms with E-state index in [-0.39, 0.29) is 11.0 Å². The quantitative estimate of drug-likeness (QED) is 0.254. The molecule has 0 spiro atoms. The first-order valence-electron chi connectivity index (χ1n) is 13.0. The molecule has 39 heavy (non-hydrogen) atoms. The van der Waals surface area contributed by atoms with Gasteiger partial charge in [0.1, 0.15) is 11.6 Å². The van der Waals surface area contributed by atoms with Crippen molar-refractivity contribution in [1.29, 1.82) is 0 Å². The van der Waals surface area contributed by atoms with Crippen molar-refractivity contribution in [2.45, 2.75) is 78.6 Å². The lowest BCUT2D eigenvalue weighted by atomic mass is 10.0. The number of benzene rings is 2. The second-order valence-corrected chi connectivity index (χ2v) is 12.6. The second kappa shape index (κ2) is 12.4. The summed E-state index contributed by atoms with van der Waals surface area (Å²) in [5.41, 5.74) is 5.75. The highest BCUT2D eigenvalue weighted by atomic mass is 32.2. The second-order valence-electron chi connectivity index (χ2n) is 10.1. The summed E-state index contributed by atoms with van der Waals surface area (Å²) in [6, 6.07) is 10.8. The Hall–Kier alpha value is -3.72. The molecule has 1 heterocycles. The predicted octanol–water partition coefficient (Wildman–Crippen LogP) is 7.39. The number of rotatable bonds is 10. The molecule has 0 aliphatic carbocycles. The number of nitrogens with one attached hydrogen (secondary N) is 2. The molecule has 9 heteroatoms. The first kappa shape index (κ1) is 29.8. The van der Waals surface area contributed by atoms with Crippen LogP contribution in [-0.2, 0) is 9.84 Å². The molecule has 2 aromatic carbocycles. The number of anilines is 4. The van der Waals surface area contributed by atoms with E-state index in [0.29, 0.717) is 28.9 Å². The molecule has 0 unspecified atom stereocenters. The standard InChI is InChI=1S/C30H39N5O3S/c1-10-24(32-18(2)3)23-16-26(27(15-21(23)8)38-19(4)5)34-30-31-17-22(9)29(35-30)33-25-13-11-12-14-28(25)39(36,37)20(6)7/h10-17,19-20H,1-9H3,(H2,31,33,34,35)/b24-10-. The molecule has 0 amide bonds. The average Bonchev–Trinajstić information content (AvgIpc) is 2.86. The van der Waals surface area contributed by atoms with Crippen LogP contribution in [0.25, 0.3) is 5.70 Å². The summed E-state index contributed by atoms with van der Waals surface area (Å²) >= 11 is 0. The molecule has 0 aliphatic rings. The van der Waals surface area contributed by atoms with Crippen molar-refractivity contribution in [1.82, 2.24) is 9.97 Å². The average molecular weight is 550 g/mol. The van der Waals surface area contributed by atoms with Crippen LogP contribution < -0.4 is 15.4 Å². The number of hydrogen-bond acceptors (Lipinski definition) is 8. The van der Waals surface area contributed by atoms with E-state index in [4.69, 9.17) is 14.7 Å². The number of sulfone groups is 1. The predicted molar refractivity (Wildman–Crippen MR) is 161 cm³/mol. The number of hydrogen-bond donors (Lipinski definition) is 2. The maximum Gasteiger partial charge on any atom is 0.229 e. The van der Waals surface area contributed by atoms with Crippen LogP contribution in [0.15, 0.2) is 58.6 Å². The van der Waals surface area contributed by atoms with Gasteiger partial charge in [0.2, 0.25) is 5.95 Å². The summed E-state index contributed by atoms with van der Waals surface area (Å²) in [7, 11) is -3.50. The van der Waals surface area contributed by atoms with Gasteiger partial charge in [-0.25, -0.2) is 13.4 Å². The van der Waals surface area contributed by atoms with E-state index in [1.165, 1.54) is 0 Å². The lowest BCUT2D eigenvalue weighted by Gasteiger charge is -2.19. The SMILES string of the molecule is C/C=C(\N=C(C)C)c1cc(Nc2ncc(C)c(Nc3ccccc3S(=O)(=O)C(C)C)n2)c(OC(C)C)cc1C. The van der Waals surface area contributed by atoms with Gasteiger partial charge in [-0.05, 0) is 92.1 Å². The Morgan fingerprint density at radius 3 is 2.31 bits per heavy atom. The Balaban J connectivity index is 2.06. The summed E-state index contributed by atoms with van der Waals surface area (Å²) < 4.78 is 32.0. The fourth-order valence-electron chi connectivity index (χ4n) is 3.88. The third-order valence-corrected chi connectivity index (χ3v) is 8.08. The van der Waals surface area contributed by atoms with E-state index < -0.39 is 15.1 Å². The lowest BCUT2D eigenvalue weighted by Crippen LogP contribution is -2.16. The minimum atomic E-state index is -3.50. The Labute approximate surface area is 232 Å². The summed E-state index contributed by atoms with van der Waals surface area (Å²) in [6.07, 6.45) is 3.63. The first-order chi connectivity index (χ1) is 18.3. The minimum absolute atomic E-state index is 0.0385. The van der Waals surface area contributed by atoms with Crippen LogP contribution in [0.1, 0.15) is 65.2 Å². The largest absolute Gasteiger partial charge is 0.489 e. The summed E-state index contributed by atoms with van der Waals surface area (Å²) in [5, 5.41) is 5.98. The molecule has 0 bridgehead atoms. The number of aliphatic imine (C=N–C) groups is 1. The van der Waals surface area contributed by atoms with Crippen LogP contribution in [0.5, 0.6) is 5.75 Å². The minimum Gasteiger partial charge on any atom is -0.489 e. The monoisotopic (exact) mass is 549 g/mol. The number of aryl methyl sites for hydroxylation is 2. The Bertz CT molecular complexity index is 1500. The van der Waals surface area contributed by atoms with Gasteiger partial charge in [0.15, 0.2) is 9.84 Å².